The molecular weight excluding hydrogens is 552 g/mol. The molecule has 0 bridgehead atoms. The number of aromatic nitrogens is 1. The van der Waals surface area contributed by atoms with Gasteiger partial charge < -0.3 is 34.2 Å². The molecule has 0 atom stereocenters. The first kappa shape index (κ1) is 31.0. The second-order valence-corrected chi connectivity index (χ2v) is 8.57. The van der Waals surface area contributed by atoms with Crippen molar-refractivity contribution < 1.29 is 33.2 Å². The van der Waals surface area contributed by atoms with Gasteiger partial charge in [-0.1, -0.05) is 0 Å². The molecule has 10 nitrogen and oxygen atoms in total. The van der Waals surface area contributed by atoms with Crippen molar-refractivity contribution in [2.75, 3.05) is 47.4 Å². The second kappa shape index (κ2) is 13.2. The van der Waals surface area contributed by atoms with Crippen LogP contribution < -0.4 is 35.0 Å². The minimum absolute atomic E-state index is 0. The van der Waals surface area contributed by atoms with Crippen LogP contribution in [0.2, 0.25) is 0 Å². The van der Waals surface area contributed by atoms with E-state index in [4.69, 9.17) is 34.2 Å². The lowest BCUT2D eigenvalue weighted by Gasteiger charge is -2.21. The quantitative estimate of drug-likeness (QED) is 0.196. The molecule has 41 heavy (non-hydrogen) atoms. The summed E-state index contributed by atoms with van der Waals surface area (Å²) in [5.74, 6) is 1.19. The van der Waals surface area contributed by atoms with Crippen LogP contribution >= 0.6 is 12.4 Å². The smallest absolute Gasteiger partial charge is 0.355 e. The summed E-state index contributed by atoms with van der Waals surface area (Å²) >= 11 is 0. The molecule has 0 amide bonds. The highest BCUT2D eigenvalue weighted by molar-refractivity contribution is 6.08. The summed E-state index contributed by atoms with van der Waals surface area (Å²) in [5.41, 5.74) is 7.27. The van der Waals surface area contributed by atoms with E-state index in [1.54, 1.807) is 48.5 Å². The largest absolute Gasteiger partial charge is 0.493 e. The number of hydrogen-bond donors (Lipinski definition) is 1. The van der Waals surface area contributed by atoms with Crippen LogP contribution in [0, 0.1) is 0 Å². The lowest BCUT2D eigenvalue weighted by Crippen LogP contribution is -2.27. The Balaban J connectivity index is 0.00000462. The van der Waals surface area contributed by atoms with Gasteiger partial charge in [0.25, 0.3) is 5.56 Å². The number of hydrogen-bond acceptors (Lipinski definition) is 9. The van der Waals surface area contributed by atoms with Crippen LogP contribution in [0.5, 0.6) is 28.7 Å². The van der Waals surface area contributed by atoms with Crippen molar-refractivity contribution in [2.45, 2.75) is 13.8 Å². The van der Waals surface area contributed by atoms with Crippen LogP contribution in [0.4, 0.5) is 5.69 Å². The fourth-order valence-corrected chi connectivity index (χ4v) is 4.62. The van der Waals surface area contributed by atoms with E-state index in [9.17, 15) is 9.59 Å². The van der Waals surface area contributed by atoms with Gasteiger partial charge in [0, 0.05) is 22.3 Å². The number of esters is 1. The van der Waals surface area contributed by atoms with Gasteiger partial charge in [-0.05, 0) is 67.9 Å². The van der Waals surface area contributed by atoms with Crippen LogP contribution in [-0.2, 0) is 4.74 Å². The van der Waals surface area contributed by atoms with Crippen molar-refractivity contribution in [1.82, 2.24) is 4.57 Å². The van der Waals surface area contributed by atoms with Crippen LogP contribution in [-0.4, -0.2) is 52.2 Å². The SMILES string of the molecule is CCOc1cc2c(-c3cc(OC)c(OC)c(OC)c3)c(C(=O)OC)n(-c3ccc(N)cc3)c(=O)c2cc1OCC.Cl. The van der Waals surface area contributed by atoms with Crippen LogP contribution in [0.3, 0.4) is 0 Å². The van der Waals surface area contributed by atoms with Crippen molar-refractivity contribution in [1.29, 1.82) is 0 Å². The summed E-state index contributed by atoms with van der Waals surface area (Å²) in [5, 5.41) is 0.735. The summed E-state index contributed by atoms with van der Waals surface area (Å²) in [6, 6.07) is 13.4. The predicted octanol–water partition coefficient (Wildman–Crippen LogP) is 5.27. The molecule has 0 fully saturated rings. The van der Waals surface area contributed by atoms with E-state index in [1.807, 2.05) is 13.8 Å². The Labute approximate surface area is 243 Å². The lowest BCUT2D eigenvalue weighted by molar-refractivity contribution is 0.0591. The van der Waals surface area contributed by atoms with Crippen molar-refractivity contribution in [3.8, 4) is 45.6 Å². The number of nitrogens with zero attached hydrogens (tertiary/aromatic N) is 1. The summed E-state index contributed by atoms with van der Waals surface area (Å²) in [4.78, 5) is 27.7. The number of pyridine rings is 1. The third kappa shape index (κ3) is 5.69. The zero-order valence-corrected chi connectivity index (χ0v) is 24.5. The average molecular weight is 585 g/mol. The molecule has 2 N–H and O–H groups in total. The van der Waals surface area contributed by atoms with Gasteiger partial charge >= 0.3 is 5.97 Å². The van der Waals surface area contributed by atoms with E-state index in [0.717, 1.165) is 0 Å². The minimum Gasteiger partial charge on any atom is -0.493 e. The van der Waals surface area contributed by atoms with E-state index < -0.39 is 11.5 Å². The van der Waals surface area contributed by atoms with Gasteiger partial charge in [-0.3, -0.25) is 9.36 Å². The third-order valence-electron chi connectivity index (χ3n) is 6.33. The normalized spacial score (nSPS) is 10.5. The molecule has 11 heteroatoms. The molecule has 0 aliphatic heterocycles. The Kier molecular flexibility index (Phi) is 9.96. The van der Waals surface area contributed by atoms with Gasteiger partial charge in [0.15, 0.2) is 23.0 Å². The monoisotopic (exact) mass is 584 g/mol. The Morgan fingerprint density at radius 3 is 1.78 bits per heavy atom. The Morgan fingerprint density at radius 2 is 1.32 bits per heavy atom. The summed E-state index contributed by atoms with van der Waals surface area (Å²) in [7, 11) is 5.75. The minimum atomic E-state index is -0.730. The number of anilines is 1. The number of halogens is 1. The molecular formula is C30H33ClN2O8. The first-order valence-electron chi connectivity index (χ1n) is 12.6. The number of fused-ring (bicyclic) bond motifs is 1. The van der Waals surface area contributed by atoms with E-state index in [0.29, 0.717) is 75.2 Å². The van der Waals surface area contributed by atoms with Gasteiger partial charge in [0.05, 0.1) is 47.0 Å². The van der Waals surface area contributed by atoms with E-state index in [-0.39, 0.29) is 18.1 Å². The van der Waals surface area contributed by atoms with E-state index in [1.165, 1.54) is 33.0 Å². The molecule has 4 rings (SSSR count). The summed E-state index contributed by atoms with van der Waals surface area (Å²) in [6.45, 7) is 4.41. The first-order valence-corrected chi connectivity index (χ1v) is 12.6. The molecule has 0 saturated carbocycles. The summed E-state index contributed by atoms with van der Waals surface area (Å²) < 4.78 is 34.9. The standard InChI is InChI=1S/C30H32N2O8.ClH/c1-7-39-22-15-20-21(16-23(22)40-8-2)29(33)32(19-11-9-18(31)10-12-19)27(30(34)38-6)26(20)17-13-24(35-3)28(37-5)25(14-17)36-4;/h9-16H,7-8,31H2,1-6H3;1H. The molecule has 0 spiro atoms. The van der Waals surface area contributed by atoms with Crippen LogP contribution in [0.25, 0.3) is 27.6 Å². The van der Waals surface area contributed by atoms with Crippen molar-refractivity contribution in [3.63, 3.8) is 0 Å². The number of benzene rings is 3. The van der Waals surface area contributed by atoms with Crippen LogP contribution in [0.1, 0.15) is 24.3 Å². The molecule has 3 aromatic carbocycles. The zero-order chi connectivity index (χ0) is 29.0. The van der Waals surface area contributed by atoms with Crippen molar-refractivity contribution in [3.05, 3.63) is 64.6 Å². The number of methoxy groups -OCH3 is 4. The van der Waals surface area contributed by atoms with E-state index in [2.05, 4.69) is 0 Å². The maximum absolute atomic E-state index is 14.2. The predicted molar refractivity (Wildman–Crippen MR) is 160 cm³/mol. The molecule has 1 heterocycles. The highest BCUT2D eigenvalue weighted by Gasteiger charge is 2.28. The second-order valence-electron chi connectivity index (χ2n) is 8.57. The summed E-state index contributed by atoms with van der Waals surface area (Å²) in [6.07, 6.45) is 0. The number of carbonyl (C=O) groups excluding carboxylic acids is 1. The van der Waals surface area contributed by atoms with Crippen LogP contribution in [0.15, 0.2) is 53.3 Å². The maximum Gasteiger partial charge on any atom is 0.355 e. The molecule has 218 valence electrons. The molecule has 0 radical (unpaired) electrons. The molecule has 1 aromatic heterocycles. The lowest BCUT2D eigenvalue weighted by atomic mass is 9.95. The number of rotatable bonds is 10. The Morgan fingerprint density at radius 1 is 0.780 bits per heavy atom. The van der Waals surface area contributed by atoms with Crippen molar-refractivity contribution in [2.24, 2.45) is 0 Å². The number of ether oxygens (including phenoxy) is 6. The fraction of sp³-hybridized carbons (Fsp3) is 0.267. The highest BCUT2D eigenvalue weighted by Crippen LogP contribution is 2.45. The Bertz CT molecular complexity index is 1590. The van der Waals surface area contributed by atoms with Gasteiger partial charge in [-0.25, -0.2) is 4.79 Å². The maximum atomic E-state index is 14.2. The van der Waals surface area contributed by atoms with Gasteiger partial charge in [-0.2, -0.15) is 0 Å². The molecule has 0 saturated heterocycles. The number of nitrogen functional groups attached to an aromatic ring is 1. The molecule has 0 aliphatic carbocycles. The Hall–Kier alpha value is -4.57. The highest BCUT2D eigenvalue weighted by atomic mass is 35.5. The van der Waals surface area contributed by atoms with E-state index >= 15 is 0 Å². The topological polar surface area (TPSA) is 120 Å². The molecule has 0 aliphatic rings. The third-order valence-corrected chi connectivity index (χ3v) is 6.33. The average Bonchev–Trinajstić information content (AvgIpc) is 2.97. The molecule has 0 unspecified atom stereocenters. The fourth-order valence-electron chi connectivity index (χ4n) is 4.62. The first-order chi connectivity index (χ1) is 19.3. The zero-order valence-electron chi connectivity index (χ0n) is 23.7. The van der Waals surface area contributed by atoms with Gasteiger partial charge in [-0.15, -0.1) is 12.4 Å². The van der Waals surface area contributed by atoms with Gasteiger partial charge in [0.1, 0.15) is 5.69 Å². The number of nitrogens with two attached hydrogens (primary N) is 1. The van der Waals surface area contributed by atoms with Gasteiger partial charge in [0.2, 0.25) is 5.75 Å². The number of carbonyl (C=O) groups is 1. The van der Waals surface area contributed by atoms with Crippen molar-refractivity contribution >= 4 is 34.8 Å². The molecule has 4 aromatic rings.